The molecule has 0 aliphatic heterocycles. The van der Waals surface area contributed by atoms with E-state index in [0.717, 1.165) is 0 Å². The van der Waals surface area contributed by atoms with E-state index >= 15 is 0 Å². The number of hydrogen-bond donors (Lipinski definition) is 0. The van der Waals surface area contributed by atoms with Gasteiger partial charge in [-0.3, -0.25) is 4.39 Å². The molecule has 0 saturated heterocycles. The zero-order chi connectivity index (χ0) is 7.40. The van der Waals surface area contributed by atoms with Crippen molar-refractivity contribution < 1.29 is 8.78 Å². The van der Waals surface area contributed by atoms with Gasteiger partial charge in [0.15, 0.2) is 0 Å². The van der Waals surface area contributed by atoms with Crippen molar-refractivity contribution in [2.45, 2.75) is 6.42 Å². The van der Waals surface area contributed by atoms with Gasteiger partial charge in [0.1, 0.15) is 5.82 Å². The number of benzene rings is 1. The van der Waals surface area contributed by atoms with E-state index in [1.807, 2.05) is 0 Å². The molecular weight excluding hydrogens is 134 g/mol. The number of alkyl halides is 1. The molecule has 0 amide bonds. The molecular formula is C8H8F2. The third-order valence-corrected chi connectivity index (χ3v) is 1.27. The molecule has 0 nitrogen and oxygen atoms in total. The molecule has 0 aliphatic carbocycles. The van der Waals surface area contributed by atoms with Gasteiger partial charge >= 0.3 is 0 Å². The molecule has 1 aromatic carbocycles. The van der Waals surface area contributed by atoms with Gasteiger partial charge in [0.05, 0.1) is 6.67 Å². The highest BCUT2D eigenvalue weighted by Gasteiger charge is 1.92. The molecule has 0 saturated carbocycles. The molecule has 0 spiro atoms. The van der Waals surface area contributed by atoms with Crippen LogP contribution in [0.4, 0.5) is 8.78 Å². The molecule has 54 valence electrons. The summed E-state index contributed by atoms with van der Waals surface area (Å²) in [5, 5.41) is 0. The van der Waals surface area contributed by atoms with E-state index in [9.17, 15) is 8.78 Å². The highest BCUT2D eigenvalue weighted by Crippen LogP contribution is 2.03. The molecule has 1 aromatic rings. The van der Waals surface area contributed by atoms with E-state index in [2.05, 4.69) is 0 Å². The van der Waals surface area contributed by atoms with Crippen LogP contribution >= 0.6 is 0 Å². The second-order valence-corrected chi connectivity index (χ2v) is 2.07. The lowest BCUT2D eigenvalue weighted by molar-refractivity contribution is 0.494. The minimum atomic E-state index is -0.427. The van der Waals surface area contributed by atoms with Gasteiger partial charge in [0.25, 0.3) is 0 Å². The van der Waals surface area contributed by atoms with Crippen LogP contribution < -0.4 is 0 Å². The molecule has 0 N–H and O–H groups in total. The molecule has 0 atom stereocenters. The summed E-state index contributed by atoms with van der Waals surface area (Å²) >= 11 is 0. The van der Waals surface area contributed by atoms with Crippen molar-refractivity contribution in [2.24, 2.45) is 0 Å². The summed E-state index contributed by atoms with van der Waals surface area (Å²) in [6.45, 7) is -0.427. The Hall–Kier alpha value is -0.920. The first-order chi connectivity index (χ1) is 4.83. The summed E-state index contributed by atoms with van der Waals surface area (Å²) in [5.41, 5.74) is 0.711. The largest absolute Gasteiger partial charge is 0.251 e. The summed E-state index contributed by atoms with van der Waals surface area (Å²) in [7, 11) is 0. The molecule has 0 radical (unpaired) electrons. The highest BCUT2D eigenvalue weighted by molar-refractivity contribution is 5.16. The van der Waals surface area contributed by atoms with Crippen molar-refractivity contribution in [3.63, 3.8) is 0 Å². The molecule has 0 fully saturated rings. The lowest BCUT2D eigenvalue weighted by Crippen LogP contribution is -1.86. The standard InChI is InChI=1S/C8H8F2/c9-5-4-7-2-1-3-8(10)6-7/h1-3,6H,4-5H2. The quantitative estimate of drug-likeness (QED) is 0.594. The molecule has 0 aliphatic rings. The average molecular weight is 142 g/mol. The molecule has 0 heterocycles. The van der Waals surface area contributed by atoms with Gasteiger partial charge in [0, 0.05) is 6.42 Å². The lowest BCUT2D eigenvalue weighted by Gasteiger charge is -1.94. The van der Waals surface area contributed by atoms with Crippen molar-refractivity contribution in [2.75, 3.05) is 6.67 Å². The van der Waals surface area contributed by atoms with Crippen LogP contribution in [-0.4, -0.2) is 6.67 Å². The summed E-state index contributed by atoms with van der Waals surface area (Å²) < 4.78 is 24.1. The lowest BCUT2D eigenvalue weighted by atomic mass is 10.2. The first-order valence-corrected chi connectivity index (χ1v) is 3.13. The molecule has 0 bridgehead atoms. The molecule has 0 aromatic heterocycles. The highest BCUT2D eigenvalue weighted by atomic mass is 19.1. The third kappa shape index (κ3) is 1.79. The fourth-order valence-electron chi connectivity index (χ4n) is 0.802. The van der Waals surface area contributed by atoms with Gasteiger partial charge in [-0.05, 0) is 17.7 Å². The number of rotatable bonds is 2. The first-order valence-electron chi connectivity index (χ1n) is 3.13. The predicted octanol–water partition coefficient (Wildman–Crippen LogP) is 2.34. The van der Waals surface area contributed by atoms with Gasteiger partial charge in [-0.2, -0.15) is 0 Å². The van der Waals surface area contributed by atoms with E-state index in [4.69, 9.17) is 0 Å². The van der Waals surface area contributed by atoms with Crippen LogP contribution in [0.15, 0.2) is 24.3 Å². The Morgan fingerprint density at radius 3 is 2.70 bits per heavy atom. The van der Waals surface area contributed by atoms with Gasteiger partial charge in [-0.1, -0.05) is 12.1 Å². The van der Waals surface area contributed by atoms with Crippen molar-refractivity contribution in [3.05, 3.63) is 35.6 Å². The molecule has 1 rings (SSSR count). The average Bonchev–Trinajstić information content (AvgIpc) is 1.88. The van der Waals surface area contributed by atoms with E-state index in [1.165, 1.54) is 12.1 Å². The van der Waals surface area contributed by atoms with E-state index in [0.29, 0.717) is 12.0 Å². The Morgan fingerprint density at radius 2 is 2.10 bits per heavy atom. The summed E-state index contributed by atoms with van der Waals surface area (Å²) in [6, 6.07) is 5.99. The van der Waals surface area contributed by atoms with Crippen molar-refractivity contribution in [1.82, 2.24) is 0 Å². The minimum absolute atomic E-state index is 0.300. The Balaban J connectivity index is 2.75. The third-order valence-electron chi connectivity index (χ3n) is 1.27. The molecule has 2 heteroatoms. The van der Waals surface area contributed by atoms with E-state index < -0.39 is 6.67 Å². The molecule has 0 unspecified atom stereocenters. The maximum atomic E-state index is 12.4. The fraction of sp³-hybridized carbons (Fsp3) is 0.250. The summed E-state index contributed by atoms with van der Waals surface area (Å²) in [5.74, 6) is -0.300. The van der Waals surface area contributed by atoms with Crippen LogP contribution in [0.2, 0.25) is 0 Å². The van der Waals surface area contributed by atoms with Crippen molar-refractivity contribution >= 4 is 0 Å². The maximum absolute atomic E-state index is 12.4. The number of hydrogen-bond acceptors (Lipinski definition) is 0. The van der Waals surface area contributed by atoms with Gasteiger partial charge < -0.3 is 0 Å². The minimum Gasteiger partial charge on any atom is -0.251 e. The van der Waals surface area contributed by atoms with Crippen molar-refractivity contribution in [3.8, 4) is 0 Å². The second kappa shape index (κ2) is 3.30. The van der Waals surface area contributed by atoms with Crippen LogP contribution in [0.3, 0.4) is 0 Å². The summed E-state index contributed by atoms with van der Waals surface area (Å²) in [4.78, 5) is 0. The van der Waals surface area contributed by atoms with E-state index in [1.54, 1.807) is 12.1 Å². The Kier molecular flexibility index (Phi) is 2.37. The number of aryl methyl sites for hydroxylation is 1. The zero-order valence-electron chi connectivity index (χ0n) is 5.48. The predicted molar refractivity (Wildman–Crippen MR) is 36.1 cm³/mol. The second-order valence-electron chi connectivity index (χ2n) is 2.07. The topological polar surface area (TPSA) is 0 Å². The smallest absolute Gasteiger partial charge is 0.123 e. The van der Waals surface area contributed by atoms with Crippen LogP contribution in [0, 0.1) is 5.82 Å². The van der Waals surface area contributed by atoms with Crippen LogP contribution in [-0.2, 0) is 6.42 Å². The van der Waals surface area contributed by atoms with Crippen LogP contribution in [0.25, 0.3) is 0 Å². The monoisotopic (exact) mass is 142 g/mol. The van der Waals surface area contributed by atoms with Crippen molar-refractivity contribution in [1.29, 1.82) is 0 Å². The number of halogens is 2. The normalized spacial score (nSPS) is 9.80. The zero-order valence-corrected chi connectivity index (χ0v) is 5.48. The van der Waals surface area contributed by atoms with Gasteiger partial charge in [-0.15, -0.1) is 0 Å². The Labute approximate surface area is 58.5 Å². The van der Waals surface area contributed by atoms with Crippen LogP contribution in [0.5, 0.6) is 0 Å². The first kappa shape index (κ1) is 7.19. The Bertz CT molecular complexity index is 208. The summed E-state index contributed by atoms with van der Waals surface area (Å²) in [6.07, 6.45) is 0.303. The maximum Gasteiger partial charge on any atom is 0.123 e. The Morgan fingerprint density at radius 1 is 1.30 bits per heavy atom. The fourth-order valence-corrected chi connectivity index (χ4v) is 0.802. The van der Waals surface area contributed by atoms with E-state index in [-0.39, 0.29) is 5.82 Å². The van der Waals surface area contributed by atoms with Gasteiger partial charge in [0.2, 0.25) is 0 Å². The van der Waals surface area contributed by atoms with Gasteiger partial charge in [-0.25, -0.2) is 4.39 Å². The molecule has 10 heavy (non-hydrogen) atoms. The van der Waals surface area contributed by atoms with Crippen LogP contribution in [0.1, 0.15) is 5.56 Å². The SMILES string of the molecule is FCCc1cccc(F)c1.